The van der Waals surface area contributed by atoms with Crippen LogP contribution in [-0.4, -0.2) is 12.5 Å². The predicted molar refractivity (Wildman–Crippen MR) is 95.4 cm³/mol. The van der Waals surface area contributed by atoms with Crippen LogP contribution in [0.5, 0.6) is 0 Å². The molecule has 1 aromatic heterocycles. The average molecular weight is 335 g/mol. The standard InChI is InChI=1S/C19H17N3O3/c23-18(15-11-13-4-1-2-7-17(13)25-19(15)24)21-14-6-3-5-12(10-14)16-8-9-20-22-16/h1-7,10-11,16,20,22H,8-9H2,(H,21,23). The minimum absolute atomic E-state index is 0.00948. The van der Waals surface area contributed by atoms with Gasteiger partial charge in [-0.15, -0.1) is 0 Å². The number of para-hydroxylation sites is 1. The highest BCUT2D eigenvalue weighted by Gasteiger charge is 2.17. The number of amides is 1. The first-order valence-corrected chi connectivity index (χ1v) is 8.13. The van der Waals surface area contributed by atoms with Crippen LogP contribution < -0.4 is 21.8 Å². The molecular weight excluding hydrogens is 318 g/mol. The van der Waals surface area contributed by atoms with Crippen molar-refractivity contribution in [2.75, 3.05) is 11.9 Å². The molecule has 3 aromatic rings. The van der Waals surface area contributed by atoms with Crippen LogP contribution in [0.1, 0.15) is 28.4 Å². The highest BCUT2D eigenvalue weighted by atomic mass is 16.4. The Balaban J connectivity index is 1.61. The van der Waals surface area contributed by atoms with Crippen molar-refractivity contribution in [3.05, 3.63) is 76.1 Å². The van der Waals surface area contributed by atoms with Gasteiger partial charge in [0.25, 0.3) is 5.91 Å². The maximum atomic E-state index is 12.5. The molecule has 2 aromatic carbocycles. The van der Waals surface area contributed by atoms with Gasteiger partial charge >= 0.3 is 5.63 Å². The minimum atomic E-state index is -0.644. The van der Waals surface area contributed by atoms with Crippen molar-refractivity contribution >= 4 is 22.6 Å². The first-order valence-electron chi connectivity index (χ1n) is 8.13. The number of hydrogen-bond acceptors (Lipinski definition) is 5. The molecule has 1 fully saturated rings. The van der Waals surface area contributed by atoms with Crippen molar-refractivity contribution in [2.24, 2.45) is 0 Å². The fourth-order valence-electron chi connectivity index (χ4n) is 2.99. The Kier molecular flexibility index (Phi) is 4.05. The SMILES string of the molecule is O=C(Nc1cccc(C2CCNN2)c1)c1cc2ccccc2oc1=O. The zero-order valence-corrected chi connectivity index (χ0v) is 13.4. The number of nitrogens with one attached hydrogen (secondary N) is 3. The molecule has 0 saturated carbocycles. The molecule has 1 aliphatic rings. The molecule has 0 bridgehead atoms. The van der Waals surface area contributed by atoms with E-state index in [4.69, 9.17) is 4.42 Å². The number of fused-ring (bicyclic) bond motifs is 1. The van der Waals surface area contributed by atoms with E-state index in [1.165, 1.54) is 0 Å². The summed E-state index contributed by atoms with van der Waals surface area (Å²) in [5.41, 5.74) is 7.81. The van der Waals surface area contributed by atoms with E-state index in [-0.39, 0.29) is 11.6 Å². The first kappa shape index (κ1) is 15.6. The molecular formula is C19H17N3O3. The average Bonchev–Trinajstić information content (AvgIpc) is 3.16. The zero-order valence-electron chi connectivity index (χ0n) is 13.4. The molecule has 1 saturated heterocycles. The minimum Gasteiger partial charge on any atom is -0.422 e. The summed E-state index contributed by atoms with van der Waals surface area (Å²) < 4.78 is 5.22. The van der Waals surface area contributed by atoms with E-state index in [0.29, 0.717) is 16.7 Å². The highest BCUT2D eigenvalue weighted by Crippen LogP contribution is 2.22. The molecule has 4 rings (SSSR count). The van der Waals surface area contributed by atoms with Crippen LogP contribution in [0.3, 0.4) is 0 Å². The van der Waals surface area contributed by atoms with Crippen molar-refractivity contribution in [1.29, 1.82) is 0 Å². The molecule has 1 atom stereocenters. The molecule has 1 aliphatic heterocycles. The topological polar surface area (TPSA) is 83.4 Å². The van der Waals surface area contributed by atoms with Crippen LogP contribution >= 0.6 is 0 Å². The number of benzene rings is 2. The molecule has 126 valence electrons. The summed E-state index contributed by atoms with van der Waals surface area (Å²) in [6.07, 6.45) is 0.978. The first-order chi connectivity index (χ1) is 12.2. The van der Waals surface area contributed by atoms with Gasteiger partial charge in [0.15, 0.2) is 0 Å². The molecule has 0 aliphatic carbocycles. The van der Waals surface area contributed by atoms with E-state index in [0.717, 1.165) is 18.5 Å². The van der Waals surface area contributed by atoms with Crippen molar-refractivity contribution < 1.29 is 9.21 Å². The van der Waals surface area contributed by atoms with E-state index in [1.807, 2.05) is 24.3 Å². The van der Waals surface area contributed by atoms with Gasteiger partial charge in [-0.3, -0.25) is 15.6 Å². The lowest BCUT2D eigenvalue weighted by molar-refractivity contribution is 0.102. The van der Waals surface area contributed by atoms with Crippen LogP contribution in [0.2, 0.25) is 0 Å². The van der Waals surface area contributed by atoms with Gasteiger partial charge in [0.05, 0.1) is 0 Å². The van der Waals surface area contributed by atoms with Gasteiger partial charge in [0.2, 0.25) is 0 Å². The Hall–Kier alpha value is -2.96. The molecule has 2 heterocycles. The van der Waals surface area contributed by atoms with Gasteiger partial charge in [-0.1, -0.05) is 30.3 Å². The summed E-state index contributed by atoms with van der Waals surface area (Å²) in [5.74, 6) is -0.478. The largest absolute Gasteiger partial charge is 0.422 e. The Labute approximate surface area is 143 Å². The molecule has 6 heteroatoms. The maximum absolute atomic E-state index is 12.5. The third kappa shape index (κ3) is 3.17. The van der Waals surface area contributed by atoms with E-state index in [9.17, 15) is 9.59 Å². The lowest BCUT2D eigenvalue weighted by atomic mass is 10.0. The fourth-order valence-corrected chi connectivity index (χ4v) is 2.99. The van der Waals surface area contributed by atoms with E-state index in [2.05, 4.69) is 16.2 Å². The Morgan fingerprint density at radius 2 is 2.00 bits per heavy atom. The summed E-state index contributed by atoms with van der Waals surface area (Å²) in [4.78, 5) is 24.6. The Morgan fingerprint density at radius 3 is 2.84 bits per heavy atom. The van der Waals surface area contributed by atoms with Crippen molar-refractivity contribution in [3.63, 3.8) is 0 Å². The molecule has 3 N–H and O–H groups in total. The maximum Gasteiger partial charge on any atom is 0.349 e. The number of carbonyl (C=O) groups excluding carboxylic acids is 1. The summed E-state index contributed by atoms with van der Waals surface area (Å²) in [7, 11) is 0. The third-order valence-electron chi connectivity index (χ3n) is 4.27. The van der Waals surface area contributed by atoms with Gasteiger partial charge in [-0.25, -0.2) is 4.79 Å². The monoisotopic (exact) mass is 335 g/mol. The van der Waals surface area contributed by atoms with Crippen molar-refractivity contribution in [2.45, 2.75) is 12.5 Å². The molecule has 1 amide bonds. The lowest BCUT2D eigenvalue weighted by Crippen LogP contribution is -2.24. The molecule has 25 heavy (non-hydrogen) atoms. The number of anilines is 1. The molecule has 0 radical (unpaired) electrons. The predicted octanol–water partition coefficient (Wildman–Crippen LogP) is 2.58. The fraction of sp³-hybridized carbons (Fsp3) is 0.158. The molecule has 6 nitrogen and oxygen atoms in total. The van der Waals surface area contributed by atoms with Gasteiger partial charge in [-0.05, 0) is 36.2 Å². The van der Waals surface area contributed by atoms with Crippen LogP contribution in [0.4, 0.5) is 5.69 Å². The van der Waals surface area contributed by atoms with Crippen LogP contribution in [0.25, 0.3) is 11.0 Å². The van der Waals surface area contributed by atoms with Crippen LogP contribution in [-0.2, 0) is 0 Å². The van der Waals surface area contributed by atoms with Crippen molar-refractivity contribution in [3.8, 4) is 0 Å². The quantitative estimate of drug-likeness (QED) is 0.641. The van der Waals surface area contributed by atoms with Gasteiger partial charge in [0.1, 0.15) is 11.1 Å². The second kappa shape index (κ2) is 6.51. The number of hydrazine groups is 1. The zero-order chi connectivity index (χ0) is 17.2. The van der Waals surface area contributed by atoms with E-state index in [1.54, 1.807) is 30.3 Å². The summed E-state index contributed by atoms with van der Waals surface area (Å²) >= 11 is 0. The van der Waals surface area contributed by atoms with E-state index < -0.39 is 11.5 Å². The second-order valence-electron chi connectivity index (χ2n) is 5.98. The van der Waals surface area contributed by atoms with Gasteiger partial charge < -0.3 is 9.73 Å². The van der Waals surface area contributed by atoms with Gasteiger partial charge in [-0.2, -0.15) is 0 Å². The third-order valence-corrected chi connectivity index (χ3v) is 4.27. The Morgan fingerprint density at radius 1 is 1.12 bits per heavy atom. The summed E-state index contributed by atoms with van der Waals surface area (Å²) in [6.45, 7) is 0.902. The number of hydrogen-bond donors (Lipinski definition) is 3. The molecule has 1 unspecified atom stereocenters. The van der Waals surface area contributed by atoms with Crippen LogP contribution in [0, 0.1) is 0 Å². The molecule has 0 spiro atoms. The normalized spacial score (nSPS) is 16.9. The highest BCUT2D eigenvalue weighted by molar-refractivity contribution is 6.05. The van der Waals surface area contributed by atoms with Crippen molar-refractivity contribution in [1.82, 2.24) is 10.9 Å². The number of rotatable bonds is 3. The second-order valence-corrected chi connectivity index (χ2v) is 5.98. The lowest BCUT2D eigenvalue weighted by Gasteiger charge is -2.12. The van der Waals surface area contributed by atoms with Gasteiger partial charge in [0, 0.05) is 23.7 Å². The van der Waals surface area contributed by atoms with Crippen LogP contribution in [0.15, 0.2) is 63.8 Å². The smallest absolute Gasteiger partial charge is 0.349 e. The van der Waals surface area contributed by atoms with E-state index >= 15 is 0 Å². The number of carbonyl (C=O) groups is 1. The Bertz CT molecular complexity index is 990. The summed E-state index contributed by atoms with van der Waals surface area (Å²) in [6, 6.07) is 16.5. The summed E-state index contributed by atoms with van der Waals surface area (Å²) in [5, 5.41) is 3.49.